The van der Waals surface area contributed by atoms with Crippen molar-refractivity contribution in [1.29, 1.82) is 0 Å². The molecular formula is C13H20. The predicted octanol–water partition coefficient (Wildman–Crippen LogP) is 4.26. The number of hydrogen-bond acceptors (Lipinski definition) is 0. The topological polar surface area (TPSA) is 0 Å². The van der Waals surface area contributed by atoms with Crippen LogP contribution in [-0.2, 0) is 0 Å². The van der Waals surface area contributed by atoms with Gasteiger partial charge in [-0.3, -0.25) is 0 Å². The lowest BCUT2D eigenvalue weighted by molar-refractivity contribution is 0.492. The summed E-state index contributed by atoms with van der Waals surface area (Å²) in [5, 5.41) is 0. The van der Waals surface area contributed by atoms with Crippen molar-refractivity contribution in [2.24, 2.45) is 5.41 Å². The van der Waals surface area contributed by atoms with Crippen molar-refractivity contribution in [3.63, 3.8) is 0 Å². The number of hydrogen-bond donors (Lipinski definition) is 0. The molecule has 1 aliphatic rings. The van der Waals surface area contributed by atoms with Crippen LogP contribution in [-0.4, -0.2) is 0 Å². The van der Waals surface area contributed by atoms with Crippen LogP contribution in [0.25, 0.3) is 0 Å². The molecule has 0 amide bonds. The Balaban J connectivity index is 2.99. The molecule has 0 atom stereocenters. The maximum Gasteiger partial charge on any atom is -0.0127 e. The van der Waals surface area contributed by atoms with Crippen molar-refractivity contribution in [2.45, 2.75) is 41.0 Å². The van der Waals surface area contributed by atoms with E-state index in [2.05, 4.69) is 52.8 Å². The van der Waals surface area contributed by atoms with Crippen molar-refractivity contribution in [2.75, 3.05) is 0 Å². The highest BCUT2D eigenvalue weighted by Gasteiger charge is 2.17. The largest absolute Gasteiger partial charge is 0.0798 e. The highest BCUT2D eigenvalue weighted by molar-refractivity contribution is 5.42. The van der Waals surface area contributed by atoms with Gasteiger partial charge >= 0.3 is 0 Å². The van der Waals surface area contributed by atoms with Crippen LogP contribution in [0.5, 0.6) is 0 Å². The average molecular weight is 176 g/mol. The van der Waals surface area contributed by atoms with Crippen LogP contribution < -0.4 is 0 Å². The van der Waals surface area contributed by atoms with Crippen LogP contribution in [0.3, 0.4) is 0 Å². The average Bonchev–Trinajstić information content (AvgIpc) is 2.03. The minimum absolute atomic E-state index is 0.311. The lowest BCUT2D eigenvalue weighted by Gasteiger charge is -2.24. The molecule has 0 fully saturated rings. The molecule has 0 heteroatoms. The van der Waals surface area contributed by atoms with Gasteiger partial charge < -0.3 is 0 Å². The fourth-order valence-electron chi connectivity index (χ4n) is 1.44. The second-order valence-electron chi connectivity index (χ2n) is 4.98. The monoisotopic (exact) mass is 176 g/mol. The van der Waals surface area contributed by atoms with Gasteiger partial charge in [0.15, 0.2) is 0 Å². The van der Waals surface area contributed by atoms with Crippen molar-refractivity contribution in [3.05, 3.63) is 34.9 Å². The van der Waals surface area contributed by atoms with Crippen LogP contribution in [0, 0.1) is 5.41 Å². The van der Waals surface area contributed by atoms with E-state index in [1.54, 1.807) is 0 Å². The van der Waals surface area contributed by atoms with Crippen molar-refractivity contribution < 1.29 is 0 Å². The lowest BCUT2D eigenvalue weighted by Crippen LogP contribution is -2.10. The second kappa shape index (κ2) is 3.53. The first-order valence-electron chi connectivity index (χ1n) is 4.96. The molecule has 0 aromatic rings. The molecule has 72 valence electrons. The Hall–Kier alpha value is -0.780. The quantitative estimate of drug-likeness (QED) is 0.517. The highest BCUT2D eigenvalue weighted by atomic mass is 14.2. The van der Waals surface area contributed by atoms with Crippen LogP contribution in [0.2, 0.25) is 0 Å². The third kappa shape index (κ3) is 2.58. The van der Waals surface area contributed by atoms with E-state index in [1.807, 2.05) is 0 Å². The summed E-state index contributed by atoms with van der Waals surface area (Å²) in [6.07, 6.45) is 7.95. The maximum absolute atomic E-state index is 2.34. The zero-order valence-electron chi connectivity index (χ0n) is 9.44. The standard InChI is InChI=1S/C13H20/c1-10(2)11-7-6-8-12(9-11)13(3,4)5/h6-7,9H,8H2,1-5H3. The van der Waals surface area contributed by atoms with E-state index in [0.717, 1.165) is 6.42 Å². The normalized spacial score (nSPS) is 17.3. The van der Waals surface area contributed by atoms with Gasteiger partial charge in [0.1, 0.15) is 0 Å². The molecule has 0 radical (unpaired) electrons. The van der Waals surface area contributed by atoms with Crippen molar-refractivity contribution in [3.8, 4) is 0 Å². The van der Waals surface area contributed by atoms with Crippen LogP contribution in [0.1, 0.15) is 41.0 Å². The van der Waals surface area contributed by atoms with Gasteiger partial charge in [-0.1, -0.05) is 50.1 Å². The van der Waals surface area contributed by atoms with Crippen molar-refractivity contribution >= 4 is 0 Å². The van der Waals surface area contributed by atoms with Gasteiger partial charge in [-0.15, -0.1) is 0 Å². The van der Waals surface area contributed by atoms with E-state index in [0.29, 0.717) is 5.41 Å². The number of rotatable bonds is 0. The van der Waals surface area contributed by atoms with Gasteiger partial charge in [-0.2, -0.15) is 0 Å². The molecule has 0 aromatic heterocycles. The molecule has 0 aromatic carbocycles. The van der Waals surface area contributed by atoms with E-state index in [1.165, 1.54) is 16.7 Å². The van der Waals surface area contributed by atoms with Crippen molar-refractivity contribution in [1.82, 2.24) is 0 Å². The third-order valence-electron chi connectivity index (χ3n) is 2.51. The molecule has 1 aliphatic carbocycles. The summed E-state index contributed by atoms with van der Waals surface area (Å²) in [6, 6.07) is 0. The van der Waals surface area contributed by atoms with Gasteiger partial charge in [0, 0.05) is 0 Å². The van der Waals surface area contributed by atoms with Crippen LogP contribution in [0.15, 0.2) is 34.9 Å². The van der Waals surface area contributed by atoms with Gasteiger partial charge in [0.05, 0.1) is 0 Å². The van der Waals surface area contributed by atoms with E-state index in [-0.39, 0.29) is 0 Å². The van der Waals surface area contributed by atoms with E-state index < -0.39 is 0 Å². The first kappa shape index (κ1) is 10.3. The molecule has 0 spiro atoms. The molecular weight excluding hydrogens is 156 g/mol. The van der Waals surface area contributed by atoms with Gasteiger partial charge in [0.25, 0.3) is 0 Å². The fraction of sp³-hybridized carbons (Fsp3) is 0.538. The highest BCUT2D eigenvalue weighted by Crippen LogP contribution is 2.32. The van der Waals surface area contributed by atoms with Crippen LogP contribution >= 0.6 is 0 Å². The summed E-state index contributed by atoms with van der Waals surface area (Å²) < 4.78 is 0. The Morgan fingerprint density at radius 3 is 2.31 bits per heavy atom. The zero-order chi connectivity index (χ0) is 10.1. The Labute approximate surface area is 82.0 Å². The lowest BCUT2D eigenvalue weighted by atomic mass is 9.81. The molecule has 0 heterocycles. The molecule has 0 saturated heterocycles. The summed E-state index contributed by atoms with van der Waals surface area (Å²) in [6.45, 7) is 11.2. The summed E-state index contributed by atoms with van der Waals surface area (Å²) in [7, 11) is 0. The number of allylic oxidation sites excluding steroid dienone is 6. The first-order chi connectivity index (χ1) is 5.91. The summed E-state index contributed by atoms with van der Waals surface area (Å²) >= 11 is 0. The predicted molar refractivity (Wildman–Crippen MR) is 59.7 cm³/mol. The maximum atomic E-state index is 2.34. The fourth-order valence-corrected chi connectivity index (χ4v) is 1.44. The molecule has 0 nitrogen and oxygen atoms in total. The van der Waals surface area contributed by atoms with Gasteiger partial charge in [-0.05, 0) is 31.3 Å². The first-order valence-corrected chi connectivity index (χ1v) is 4.96. The SMILES string of the molecule is CC(C)=C1C=CCC(C(C)(C)C)=C1. The van der Waals surface area contributed by atoms with E-state index in [4.69, 9.17) is 0 Å². The minimum Gasteiger partial charge on any atom is -0.0798 e. The molecule has 0 aliphatic heterocycles. The van der Waals surface area contributed by atoms with Crippen LogP contribution in [0.4, 0.5) is 0 Å². The smallest absolute Gasteiger partial charge is 0.0127 e. The molecule has 0 N–H and O–H groups in total. The Morgan fingerprint density at radius 1 is 1.23 bits per heavy atom. The summed E-state index contributed by atoms with van der Waals surface area (Å²) in [5.74, 6) is 0. The minimum atomic E-state index is 0.311. The zero-order valence-corrected chi connectivity index (χ0v) is 9.44. The molecule has 1 rings (SSSR count). The molecule has 0 unspecified atom stereocenters. The second-order valence-corrected chi connectivity index (χ2v) is 4.98. The summed E-state index contributed by atoms with van der Waals surface area (Å²) in [4.78, 5) is 0. The van der Waals surface area contributed by atoms with Gasteiger partial charge in [-0.25, -0.2) is 0 Å². The Kier molecular flexibility index (Phi) is 2.80. The Morgan fingerprint density at radius 2 is 1.85 bits per heavy atom. The van der Waals surface area contributed by atoms with E-state index in [9.17, 15) is 0 Å². The Bertz CT molecular complexity index is 276. The molecule has 13 heavy (non-hydrogen) atoms. The third-order valence-corrected chi connectivity index (χ3v) is 2.51. The molecule has 0 bridgehead atoms. The summed E-state index contributed by atoms with van der Waals surface area (Å²) in [5.41, 5.74) is 4.63. The molecule has 0 saturated carbocycles. The van der Waals surface area contributed by atoms with E-state index >= 15 is 0 Å². The van der Waals surface area contributed by atoms with Gasteiger partial charge in [0.2, 0.25) is 0 Å².